The van der Waals surface area contributed by atoms with Crippen LogP contribution in [0.1, 0.15) is 12.5 Å². The van der Waals surface area contributed by atoms with Crippen molar-refractivity contribution in [2.24, 2.45) is 4.99 Å². The molecule has 96 valence electrons. The Balaban J connectivity index is 0.00000256. The fourth-order valence-corrected chi connectivity index (χ4v) is 1.36. The van der Waals surface area contributed by atoms with Crippen LogP contribution in [0, 0.1) is 5.82 Å². The van der Waals surface area contributed by atoms with Crippen molar-refractivity contribution in [1.29, 1.82) is 0 Å². The van der Waals surface area contributed by atoms with Crippen molar-refractivity contribution in [3.8, 4) is 0 Å². The summed E-state index contributed by atoms with van der Waals surface area (Å²) in [4.78, 5) is 4.06. The molecule has 0 amide bonds. The summed E-state index contributed by atoms with van der Waals surface area (Å²) in [6, 6.07) is 6.56. The van der Waals surface area contributed by atoms with Gasteiger partial charge in [0, 0.05) is 20.1 Å². The highest BCUT2D eigenvalue weighted by molar-refractivity contribution is 14.0. The van der Waals surface area contributed by atoms with Gasteiger partial charge in [-0.15, -0.1) is 24.0 Å². The van der Waals surface area contributed by atoms with Crippen LogP contribution in [-0.2, 0) is 6.42 Å². The van der Waals surface area contributed by atoms with Crippen molar-refractivity contribution in [2.45, 2.75) is 13.3 Å². The summed E-state index contributed by atoms with van der Waals surface area (Å²) in [5, 5.41) is 6.29. The first-order valence-corrected chi connectivity index (χ1v) is 5.45. The molecule has 0 aliphatic heterocycles. The lowest BCUT2D eigenvalue weighted by atomic mass is 10.1. The highest BCUT2D eigenvalue weighted by Gasteiger charge is 1.96. The summed E-state index contributed by atoms with van der Waals surface area (Å²) in [5.74, 6) is 0.602. The lowest BCUT2D eigenvalue weighted by Crippen LogP contribution is -2.38. The van der Waals surface area contributed by atoms with Gasteiger partial charge in [-0.1, -0.05) is 12.1 Å². The molecule has 1 aromatic carbocycles. The standard InChI is InChI=1S/C12H18FN3.HI/c1-3-15-12(14-2)16-9-8-10-4-6-11(13)7-5-10;/h4-7H,3,8-9H2,1-2H3,(H2,14,15,16);1H. The molecular formula is C12H19FIN3. The van der Waals surface area contributed by atoms with Crippen LogP contribution in [0.3, 0.4) is 0 Å². The maximum absolute atomic E-state index is 12.6. The molecule has 0 radical (unpaired) electrons. The van der Waals surface area contributed by atoms with Gasteiger partial charge < -0.3 is 10.6 Å². The number of nitrogens with one attached hydrogen (secondary N) is 2. The van der Waals surface area contributed by atoms with Crippen LogP contribution < -0.4 is 10.6 Å². The molecule has 5 heteroatoms. The van der Waals surface area contributed by atoms with Gasteiger partial charge >= 0.3 is 0 Å². The minimum absolute atomic E-state index is 0. The molecule has 1 rings (SSSR count). The van der Waals surface area contributed by atoms with E-state index in [0.29, 0.717) is 0 Å². The van der Waals surface area contributed by atoms with Crippen molar-refractivity contribution in [3.05, 3.63) is 35.6 Å². The molecule has 0 atom stereocenters. The quantitative estimate of drug-likeness (QED) is 0.496. The van der Waals surface area contributed by atoms with E-state index >= 15 is 0 Å². The summed E-state index contributed by atoms with van der Waals surface area (Å²) in [7, 11) is 1.74. The summed E-state index contributed by atoms with van der Waals surface area (Å²) < 4.78 is 12.6. The average molecular weight is 351 g/mol. The first-order chi connectivity index (χ1) is 7.76. The molecule has 0 aliphatic carbocycles. The molecule has 3 nitrogen and oxygen atoms in total. The Morgan fingerprint density at radius 3 is 2.41 bits per heavy atom. The van der Waals surface area contributed by atoms with Gasteiger partial charge in [0.25, 0.3) is 0 Å². The molecule has 0 spiro atoms. The van der Waals surface area contributed by atoms with E-state index in [2.05, 4.69) is 15.6 Å². The Labute approximate surface area is 119 Å². The van der Waals surface area contributed by atoms with E-state index in [-0.39, 0.29) is 29.8 Å². The largest absolute Gasteiger partial charge is 0.357 e. The molecule has 0 fully saturated rings. The third-order valence-corrected chi connectivity index (χ3v) is 2.19. The lowest BCUT2D eigenvalue weighted by Gasteiger charge is -2.09. The van der Waals surface area contributed by atoms with Crippen LogP contribution in [0.2, 0.25) is 0 Å². The number of benzene rings is 1. The first-order valence-electron chi connectivity index (χ1n) is 5.45. The predicted octanol–water partition coefficient (Wildman–Crippen LogP) is 2.17. The van der Waals surface area contributed by atoms with E-state index in [9.17, 15) is 4.39 Å². The molecule has 1 aromatic rings. The zero-order chi connectivity index (χ0) is 11.8. The Morgan fingerprint density at radius 2 is 1.88 bits per heavy atom. The average Bonchev–Trinajstić information content (AvgIpc) is 2.30. The van der Waals surface area contributed by atoms with Gasteiger partial charge in [0.15, 0.2) is 5.96 Å². The Bertz CT molecular complexity index is 338. The minimum atomic E-state index is -0.194. The van der Waals surface area contributed by atoms with Crippen LogP contribution >= 0.6 is 24.0 Å². The second kappa shape index (κ2) is 9.21. The smallest absolute Gasteiger partial charge is 0.190 e. The summed E-state index contributed by atoms with van der Waals surface area (Å²) in [6.45, 7) is 3.65. The molecular weight excluding hydrogens is 332 g/mol. The number of hydrogen-bond donors (Lipinski definition) is 2. The fraction of sp³-hybridized carbons (Fsp3) is 0.417. The van der Waals surface area contributed by atoms with Crippen LogP contribution in [0.4, 0.5) is 4.39 Å². The van der Waals surface area contributed by atoms with Crippen molar-refractivity contribution < 1.29 is 4.39 Å². The second-order valence-electron chi connectivity index (χ2n) is 3.41. The fourth-order valence-electron chi connectivity index (χ4n) is 1.36. The Morgan fingerprint density at radius 1 is 1.24 bits per heavy atom. The molecule has 17 heavy (non-hydrogen) atoms. The maximum atomic E-state index is 12.6. The Hall–Kier alpha value is -0.850. The van der Waals surface area contributed by atoms with Crippen molar-refractivity contribution in [1.82, 2.24) is 10.6 Å². The van der Waals surface area contributed by atoms with Crippen molar-refractivity contribution >= 4 is 29.9 Å². The zero-order valence-electron chi connectivity index (χ0n) is 10.2. The lowest BCUT2D eigenvalue weighted by molar-refractivity contribution is 0.626. The minimum Gasteiger partial charge on any atom is -0.357 e. The van der Waals surface area contributed by atoms with Gasteiger partial charge in [-0.25, -0.2) is 4.39 Å². The Kier molecular flexibility index (Phi) is 8.75. The van der Waals surface area contributed by atoms with Gasteiger partial charge in [0.2, 0.25) is 0 Å². The molecule has 0 aromatic heterocycles. The summed E-state index contributed by atoms with van der Waals surface area (Å²) >= 11 is 0. The zero-order valence-corrected chi connectivity index (χ0v) is 12.5. The van der Waals surface area contributed by atoms with Crippen molar-refractivity contribution in [3.63, 3.8) is 0 Å². The molecule has 0 unspecified atom stereocenters. The van der Waals surface area contributed by atoms with Crippen LogP contribution in [0.5, 0.6) is 0 Å². The van der Waals surface area contributed by atoms with E-state index in [1.165, 1.54) is 12.1 Å². The highest BCUT2D eigenvalue weighted by Crippen LogP contribution is 2.02. The summed E-state index contributed by atoms with van der Waals surface area (Å²) in [5.41, 5.74) is 1.11. The first kappa shape index (κ1) is 16.1. The number of rotatable bonds is 4. The molecule has 2 N–H and O–H groups in total. The maximum Gasteiger partial charge on any atom is 0.190 e. The molecule has 0 heterocycles. The van der Waals surface area contributed by atoms with Gasteiger partial charge in [-0.05, 0) is 31.0 Å². The molecule has 0 saturated heterocycles. The molecule has 0 bridgehead atoms. The van der Waals surface area contributed by atoms with E-state index in [0.717, 1.165) is 31.0 Å². The van der Waals surface area contributed by atoms with Crippen LogP contribution in [0.15, 0.2) is 29.3 Å². The number of hydrogen-bond acceptors (Lipinski definition) is 1. The highest BCUT2D eigenvalue weighted by atomic mass is 127. The van der Waals surface area contributed by atoms with E-state index < -0.39 is 0 Å². The van der Waals surface area contributed by atoms with Crippen LogP contribution in [0.25, 0.3) is 0 Å². The summed E-state index contributed by atoms with van der Waals surface area (Å²) in [6.07, 6.45) is 0.852. The molecule has 0 aliphatic rings. The third-order valence-electron chi connectivity index (χ3n) is 2.19. The third kappa shape index (κ3) is 6.45. The second-order valence-corrected chi connectivity index (χ2v) is 3.41. The van der Waals surface area contributed by atoms with E-state index in [4.69, 9.17) is 0 Å². The SMILES string of the molecule is CCNC(=NC)NCCc1ccc(F)cc1.I. The molecule has 0 saturated carbocycles. The number of halogens is 2. The monoisotopic (exact) mass is 351 g/mol. The number of aliphatic imine (C=N–C) groups is 1. The topological polar surface area (TPSA) is 36.4 Å². The van der Waals surface area contributed by atoms with E-state index in [1.54, 1.807) is 19.2 Å². The van der Waals surface area contributed by atoms with E-state index in [1.807, 2.05) is 6.92 Å². The van der Waals surface area contributed by atoms with Crippen molar-refractivity contribution in [2.75, 3.05) is 20.1 Å². The van der Waals surface area contributed by atoms with Gasteiger partial charge in [0.05, 0.1) is 0 Å². The van der Waals surface area contributed by atoms with Crippen LogP contribution in [-0.4, -0.2) is 26.1 Å². The van der Waals surface area contributed by atoms with Gasteiger partial charge in [-0.3, -0.25) is 4.99 Å². The predicted molar refractivity (Wildman–Crippen MR) is 80.6 cm³/mol. The van der Waals surface area contributed by atoms with Gasteiger partial charge in [-0.2, -0.15) is 0 Å². The normalized spacial score (nSPS) is 10.6. The number of nitrogens with zero attached hydrogens (tertiary/aromatic N) is 1. The number of guanidine groups is 1. The van der Waals surface area contributed by atoms with Gasteiger partial charge in [0.1, 0.15) is 5.82 Å².